The number of nitrogens with zero attached hydrogens (tertiary/aromatic N) is 3. The van der Waals surface area contributed by atoms with Gasteiger partial charge in [0.25, 0.3) is 0 Å². The lowest BCUT2D eigenvalue weighted by Gasteiger charge is -2.07. The van der Waals surface area contributed by atoms with Crippen LogP contribution in [0.5, 0.6) is 5.75 Å². The predicted molar refractivity (Wildman–Crippen MR) is 104 cm³/mol. The van der Waals surface area contributed by atoms with Gasteiger partial charge in [-0.05, 0) is 35.8 Å². The first-order valence-corrected chi connectivity index (χ1v) is 8.67. The Labute approximate surface area is 153 Å². The van der Waals surface area contributed by atoms with Gasteiger partial charge < -0.3 is 4.74 Å². The van der Waals surface area contributed by atoms with E-state index in [1.807, 2.05) is 48.5 Å². The number of hydrogen-bond acceptors (Lipinski definition) is 4. The summed E-state index contributed by atoms with van der Waals surface area (Å²) < 4.78 is 8.19. The highest BCUT2D eigenvalue weighted by atomic mass is 32.1. The quantitative estimate of drug-likeness (QED) is 0.476. The second-order valence-electron chi connectivity index (χ2n) is 6.01. The summed E-state index contributed by atoms with van der Waals surface area (Å²) in [5, 5.41) is 6.36. The van der Waals surface area contributed by atoms with Crippen LogP contribution >= 0.6 is 12.2 Å². The van der Waals surface area contributed by atoms with E-state index in [1.165, 1.54) is 0 Å². The largest absolute Gasteiger partial charge is 0.485 e. The second kappa shape index (κ2) is 5.93. The first-order chi connectivity index (χ1) is 12.8. The third-order valence-electron chi connectivity index (χ3n) is 4.36. The number of aromatic amines is 1. The van der Waals surface area contributed by atoms with Crippen LogP contribution in [0.15, 0.2) is 66.7 Å². The summed E-state index contributed by atoms with van der Waals surface area (Å²) >= 11 is 5.38. The second-order valence-corrected chi connectivity index (χ2v) is 6.37. The average molecular weight is 358 g/mol. The number of rotatable bonds is 3. The van der Waals surface area contributed by atoms with E-state index in [1.54, 1.807) is 4.52 Å². The molecule has 26 heavy (non-hydrogen) atoms. The van der Waals surface area contributed by atoms with Gasteiger partial charge in [-0.1, -0.05) is 48.5 Å². The Bertz CT molecular complexity index is 1320. The molecule has 0 aliphatic heterocycles. The fraction of sp³-hybridized carbons (Fsp3) is 0.0500. The van der Waals surface area contributed by atoms with Crippen LogP contribution in [0, 0.1) is 4.77 Å². The molecule has 2 heterocycles. The van der Waals surface area contributed by atoms with Gasteiger partial charge in [-0.2, -0.15) is 0 Å². The van der Waals surface area contributed by atoms with Gasteiger partial charge in [0.05, 0.1) is 5.52 Å². The number of ether oxygens (including phenoxy) is 1. The maximum Gasteiger partial charge on any atom is 0.221 e. The lowest BCUT2D eigenvalue weighted by molar-refractivity contribution is 0.299. The maximum atomic E-state index is 6.03. The van der Waals surface area contributed by atoms with E-state index in [0.717, 1.165) is 33.1 Å². The van der Waals surface area contributed by atoms with Crippen LogP contribution in [-0.2, 0) is 6.61 Å². The normalized spacial score (nSPS) is 11.4. The molecule has 0 atom stereocenters. The van der Waals surface area contributed by atoms with Crippen molar-refractivity contribution in [3.8, 4) is 5.75 Å². The van der Waals surface area contributed by atoms with E-state index in [4.69, 9.17) is 17.0 Å². The molecule has 0 bridgehead atoms. The number of hydrogen-bond donors (Lipinski definition) is 1. The summed E-state index contributed by atoms with van der Waals surface area (Å²) in [6.45, 7) is 0.318. The molecule has 5 aromatic rings. The van der Waals surface area contributed by atoms with Crippen LogP contribution in [0.25, 0.3) is 27.3 Å². The number of aromatic nitrogens is 4. The molecular weight excluding hydrogens is 344 g/mol. The number of nitrogens with one attached hydrogen (secondary N) is 1. The van der Waals surface area contributed by atoms with Crippen LogP contribution in [0.1, 0.15) is 5.82 Å². The van der Waals surface area contributed by atoms with Crippen LogP contribution in [0.2, 0.25) is 0 Å². The number of para-hydroxylation sites is 1. The van der Waals surface area contributed by atoms with Gasteiger partial charge in [0, 0.05) is 10.8 Å². The van der Waals surface area contributed by atoms with Crippen molar-refractivity contribution in [2.75, 3.05) is 0 Å². The monoisotopic (exact) mass is 358 g/mol. The molecule has 0 radical (unpaired) electrons. The SMILES string of the molecule is S=c1nc2ccccc2c2nc(COc3cccc4ccccc34)[nH]n12. The molecule has 5 nitrogen and oxygen atoms in total. The Hall–Kier alpha value is -3.25. The fourth-order valence-corrected chi connectivity index (χ4v) is 3.38. The summed E-state index contributed by atoms with van der Waals surface area (Å²) in [7, 11) is 0. The lowest BCUT2D eigenvalue weighted by atomic mass is 10.1. The molecule has 126 valence electrons. The Morgan fingerprint density at radius 1 is 0.885 bits per heavy atom. The lowest BCUT2D eigenvalue weighted by Crippen LogP contribution is -1.99. The van der Waals surface area contributed by atoms with Crippen LogP contribution < -0.4 is 4.74 Å². The topological polar surface area (TPSA) is 55.2 Å². The zero-order chi connectivity index (χ0) is 17.5. The third-order valence-corrected chi connectivity index (χ3v) is 4.63. The van der Waals surface area contributed by atoms with Gasteiger partial charge in [0.1, 0.15) is 12.4 Å². The van der Waals surface area contributed by atoms with Crippen LogP contribution in [0.3, 0.4) is 0 Å². The zero-order valence-corrected chi connectivity index (χ0v) is 14.5. The molecule has 3 aromatic carbocycles. The van der Waals surface area contributed by atoms with Gasteiger partial charge in [-0.15, -0.1) is 0 Å². The Morgan fingerprint density at radius 3 is 2.58 bits per heavy atom. The number of fused-ring (bicyclic) bond motifs is 4. The minimum Gasteiger partial charge on any atom is -0.485 e. The number of H-pyrrole nitrogens is 1. The molecule has 0 unspecified atom stereocenters. The van der Waals surface area contributed by atoms with Gasteiger partial charge in [0.2, 0.25) is 4.77 Å². The molecular formula is C20H14N4OS. The summed E-state index contributed by atoms with van der Waals surface area (Å²) in [6.07, 6.45) is 0. The smallest absolute Gasteiger partial charge is 0.221 e. The molecule has 5 rings (SSSR count). The van der Waals surface area contributed by atoms with Crippen molar-refractivity contribution >= 4 is 39.5 Å². The van der Waals surface area contributed by atoms with Crippen molar-refractivity contribution in [1.29, 1.82) is 0 Å². The van der Waals surface area contributed by atoms with E-state index >= 15 is 0 Å². The van der Waals surface area contributed by atoms with Crippen molar-refractivity contribution in [3.63, 3.8) is 0 Å². The summed E-state index contributed by atoms with van der Waals surface area (Å²) in [4.78, 5) is 9.11. The van der Waals surface area contributed by atoms with Crippen LogP contribution in [-0.4, -0.2) is 19.6 Å². The van der Waals surface area contributed by atoms with E-state index in [9.17, 15) is 0 Å². The zero-order valence-electron chi connectivity index (χ0n) is 13.7. The van der Waals surface area contributed by atoms with Crippen molar-refractivity contribution < 1.29 is 4.74 Å². The van der Waals surface area contributed by atoms with Gasteiger partial charge in [-0.25, -0.2) is 14.5 Å². The molecule has 0 saturated carbocycles. The van der Waals surface area contributed by atoms with Gasteiger partial charge in [-0.3, -0.25) is 5.10 Å². The van der Waals surface area contributed by atoms with Crippen molar-refractivity contribution in [2.24, 2.45) is 0 Å². The first kappa shape index (κ1) is 15.0. The molecule has 0 saturated heterocycles. The molecule has 2 aromatic heterocycles. The number of benzene rings is 3. The Kier molecular flexibility index (Phi) is 3.43. The van der Waals surface area contributed by atoms with E-state index in [-0.39, 0.29) is 0 Å². The average Bonchev–Trinajstić information content (AvgIpc) is 3.12. The van der Waals surface area contributed by atoms with E-state index < -0.39 is 0 Å². The maximum absolute atomic E-state index is 6.03. The molecule has 0 aliphatic carbocycles. The van der Waals surface area contributed by atoms with Crippen molar-refractivity contribution in [1.82, 2.24) is 19.6 Å². The minimum atomic E-state index is 0.318. The third kappa shape index (κ3) is 2.43. The summed E-state index contributed by atoms with van der Waals surface area (Å²) in [6, 6.07) is 22.0. The first-order valence-electron chi connectivity index (χ1n) is 8.26. The van der Waals surface area contributed by atoms with Crippen molar-refractivity contribution in [3.05, 3.63) is 77.3 Å². The fourth-order valence-electron chi connectivity index (χ4n) is 3.15. The summed E-state index contributed by atoms with van der Waals surface area (Å²) in [5.41, 5.74) is 1.60. The van der Waals surface area contributed by atoms with Gasteiger partial charge in [0.15, 0.2) is 11.5 Å². The standard InChI is InChI=1S/C20H14N4OS/c26-20-21-16-10-4-3-9-15(16)19-22-18(23-24(19)20)12-25-17-11-5-7-13-6-1-2-8-14(13)17/h1-11H,12H2,(H,22,23). The van der Waals surface area contributed by atoms with Crippen LogP contribution in [0.4, 0.5) is 0 Å². The summed E-state index contributed by atoms with van der Waals surface area (Å²) in [5.74, 6) is 1.53. The minimum absolute atomic E-state index is 0.318. The van der Waals surface area contributed by atoms with E-state index in [0.29, 0.717) is 17.2 Å². The molecule has 0 amide bonds. The highest BCUT2D eigenvalue weighted by Gasteiger charge is 2.09. The highest BCUT2D eigenvalue weighted by Crippen LogP contribution is 2.26. The molecule has 0 fully saturated rings. The Morgan fingerprint density at radius 2 is 1.65 bits per heavy atom. The van der Waals surface area contributed by atoms with Crippen molar-refractivity contribution in [2.45, 2.75) is 6.61 Å². The molecule has 0 spiro atoms. The Balaban J connectivity index is 1.55. The van der Waals surface area contributed by atoms with E-state index in [2.05, 4.69) is 33.3 Å². The van der Waals surface area contributed by atoms with Gasteiger partial charge >= 0.3 is 0 Å². The molecule has 0 aliphatic rings. The highest BCUT2D eigenvalue weighted by molar-refractivity contribution is 7.71. The molecule has 1 N–H and O–H groups in total. The molecule has 6 heteroatoms. The predicted octanol–water partition coefficient (Wildman–Crippen LogP) is 4.67.